The number of piperazine rings is 2. The molecule has 0 unspecified atom stereocenters. The second-order valence-corrected chi connectivity index (χ2v) is 12.0. The van der Waals surface area contributed by atoms with Crippen molar-refractivity contribution in [1.29, 1.82) is 0 Å². The number of hydrogen-bond donors (Lipinski definition) is 0. The maximum Gasteiger partial charge on any atom is 0.410 e. The molecule has 0 N–H and O–H groups in total. The highest BCUT2D eigenvalue weighted by atomic mass is 16.6. The number of rotatable bonds is 5. The van der Waals surface area contributed by atoms with Crippen LogP contribution in [0.15, 0.2) is 54.6 Å². The number of nitrogens with zero attached hydrogens (tertiary/aromatic N) is 4. The first-order valence-electron chi connectivity index (χ1n) is 14.3. The Labute approximate surface area is 232 Å². The van der Waals surface area contributed by atoms with Crippen molar-refractivity contribution in [2.75, 3.05) is 44.2 Å². The van der Waals surface area contributed by atoms with Gasteiger partial charge >= 0.3 is 12.2 Å². The molecule has 2 amide bonds. The van der Waals surface area contributed by atoms with Crippen molar-refractivity contribution < 1.29 is 19.1 Å². The van der Waals surface area contributed by atoms with Crippen molar-refractivity contribution >= 4 is 17.9 Å². The Balaban J connectivity index is 1.16. The van der Waals surface area contributed by atoms with Crippen LogP contribution in [0.25, 0.3) is 0 Å². The highest BCUT2D eigenvalue weighted by molar-refractivity contribution is 5.69. The lowest BCUT2D eigenvalue weighted by molar-refractivity contribution is 0.0139. The van der Waals surface area contributed by atoms with Gasteiger partial charge in [-0.1, -0.05) is 42.5 Å². The molecule has 3 saturated heterocycles. The molecule has 0 aromatic heterocycles. The Bertz CT molecular complexity index is 1110. The molecule has 2 aromatic rings. The van der Waals surface area contributed by atoms with Gasteiger partial charge in [-0.15, -0.1) is 0 Å². The van der Waals surface area contributed by atoms with Crippen molar-refractivity contribution in [1.82, 2.24) is 14.7 Å². The van der Waals surface area contributed by atoms with Crippen LogP contribution in [0, 0.1) is 0 Å². The quantitative estimate of drug-likeness (QED) is 0.531. The highest BCUT2D eigenvalue weighted by Crippen LogP contribution is 2.34. The third kappa shape index (κ3) is 7.04. The van der Waals surface area contributed by atoms with Crippen LogP contribution in [0.2, 0.25) is 0 Å². The summed E-state index contributed by atoms with van der Waals surface area (Å²) in [6.07, 6.45) is 2.92. The van der Waals surface area contributed by atoms with Gasteiger partial charge in [-0.25, -0.2) is 9.59 Å². The fourth-order valence-electron chi connectivity index (χ4n) is 5.98. The summed E-state index contributed by atoms with van der Waals surface area (Å²) in [6.45, 7) is 11.3. The van der Waals surface area contributed by atoms with Crippen LogP contribution in [0.4, 0.5) is 15.3 Å². The average molecular weight is 535 g/mol. The Hall–Kier alpha value is -3.26. The molecule has 0 aliphatic carbocycles. The monoisotopic (exact) mass is 534 g/mol. The summed E-state index contributed by atoms with van der Waals surface area (Å²) >= 11 is 0. The molecule has 8 heteroatoms. The lowest BCUT2D eigenvalue weighted by Gasteiger charge is -2.51. The zero-order chi connectivity index (χ0) is 27.4. The first kappa shape index (κ1) is 27.3. The van der Waals surface area contributed by atoms with E-state index in [9.17, 15) is 9.59 Å². The Kier molecular flexibility index (Phi) is 8.31. The predicted octanol–water partition coefficient (Wildman–Crippen LogP) is 5.12. The van der Waals surface area contributed by atoms with E-state index in [-0.39, 0.29) is 12.2 Å². The minimum atomic E-state index is -0.471. The van der Waals surface area contributed by atoms with Crippen LogP contribution in [0.5, 0.6) is 0 Å². The smallest absolute Gasteiger partial charge is 0.410 e. The van der Waals surface area contributed by atoms with Gasteiger partial charge in [-0.05, 0) is 63.3 Å². The summed E-state index contributed by atoms with van der Waals surface area (Å²) in [7, 11) is 0. The largest absolute Gasteiger partial charge is 0.445 e. The number of piperidine rings is 1. The Morgan fingerprint density at radius 3 is 2.15 bits per heavy atom. The molecule has 8 nitrogen and oxygen atoms in total. The first-order chi connectivity index (χ1) is 18.7. The van der Waals surface area contributed by atoms with Crippen LogP contribution in [-0.4, -0.2) is 83.8 Å². The van der Waals surface area contributed by atoms with Gasteiger partial charge in [0, 0.05) is 63.6 Å². The molecule has 0 spiro atoms. The SMILES string of the molecule is CC(C)(C)OC(=O)N1CCN(Cc2cccc(N3[C@@H]4CCC[C@H]3CN(C(=O)OCc3ccccc3)C4)c2)CC1. The molecule has 3 fully saturated rings. The van der Waals surface area contributed by atoms with Crippen molar-refractivity contribution in [2.24, 2.45) is 0 Å². The van der Waals surface area contributed by atoms with E-state index in [1.165, 1.54) is 17.7 Å². The summed E-state index contributed by atoms with van der Waals surface area (Å²) in [5, 5.41) is 0. The van der Waals surface area contributed by atoms with E-state index in [1.807, 2.05) is 60.9 Å². The number of likely N-dealkylation sites (tertiary alicyclic amines) is 1. The number of amides is 2. The van der Waals surface area contributed by atoms with E-state index in [1.54, 1.807) is 0 Å². The van der Waals surface area contributed by atoms with Crippen molar-refractivity contribution in [3.8, 4) is 0 Å². The number of fused-ring (bicyclic) bond motifs is 2. The first-order valence-corrected chi connectivity index (χ1v) is 14.3. The van der Waals surface area contributed by atoms with Crippen LogP contribution in [-0.2, 0) is 22.6 Å². The van der Waals surface area contributed by atoms with Crippen molar-refractivity contribution in [3.05, 3.63) is 65.7 Å². The summed E-state index contributed by atoms with van der Waals surface area (Å²) in [5.74, 6) is 0. The molecule has 2 bridgehead atoms. The summed E-state index contributed by atoms with van der Waals surface area (Å²) in [5.41, 5.74) is 3.06. The topological polar surface area (TPSA) is 65.6 Å². The van der Waals surface area contributed by atoms with Gasteiger partial charge < -0.3 is 24.2 Å². The molecule has 3 aliphatic heterocycles. The van der Waals surface area contributed by atoms with E-state index >= 15 is 0 Å². The summed E-state index contributed by atoms with van der Waals surface area (Å²) < 4.78 is 11.2. The normalized spacial score (nSPS) is 22.0. The molecule has 3 aliphatic rings. The predicted molar refractivity (Wildman–Crippen MR) is 152 cm³/mol. The third-order valence-corrected chi connectivity index (χ3v) is 7.83. The van der Waals surface area contributed by atoms with Crippen molar-refractivity contribution in [3.63, 3.8) is 0 Å². The number of carbonyl (C=O) groups is 2. The molecular formula is C31H42N4O4. The van der Waals surface area contributed by atoms with Crippen LogP contribution in [0.1, 0.15) is 51.2 Å². The van der Waals surface area contributed by atoms with Gasteiger partial charge in [0.05, 0.1) is 0 Å². The second kappa shape index (κ2) is 11.9. The second-order valence-electron chi connectivity index (χ2n) is 12.0. The van der Waals surface area contributed by atoms with E-state index in [4.69, 9.17) is 9.47 Å². The molecule has 39 heavy (non-hydrogen) atoms. The zero-order valence-corrected chi connectivity index (χ0v) is 23.6. The number of carbonyl (C=O) groups excluding carboxylic acids is 2. The molecule has 210 valence electrons. The number of benzene rings is 2. The van der Waals surface area contributed by atoms with Gasteiger partial charge in [0.25, 0.3) is 0 Å². The van der Waals surface area contributed by atoms with Gasteiger partial charge in [-0.2, -0.15) is 0 Å². The van der Waals surface area contributed by atoms with Gasteiger partial charge in [-0.3, -0.25) is 4.90 Å². The van der Waals surface area contributed by atoms with Crippen molar-refractivity contribution in [2.45, 2.75) is 70.9 Å². The van der Waals surface area contributed by atoms with E-state index in [0.717, 1.165) is 38.0 Å². The maximum absolute atomic E-state index is 12.9. The molecule has 2 atom stereocenters. The van der Waals surface area contributed by atoms with E-state index in [0.29, 0.717) is 44.9 Å². The maximum atomic E-state index is 12.9. The fraction of sp³-hybridized carbons (Fsp3) is 0.548. The Morgan fingerprint density at radius 2 is 1.49 bits per heavy atom. The van der Waals surface area contributed by atoms with Gasteiger partial charge in [0.15, 0.2) is 0 Å². The van der Waals surface area contributed by atoms with Crippen LogP contribution >= 0.6 is 0 Å². The fourth-order valence-corrected chi connectivity index (χ4v) is 5.98. The summed E-state index contributed by atoms with van der Waals surface area (Å²) in [6, 6.07) is 19.3. The molecule has 0 radical (unpaired) electrons. The Morgan fingerprint density at radius 1 is 0.821 bits per heavy atom. The molecular weight excluding hydrogens is 492 g/mol. The molecule has 5 rings (SSSR count). The molecule has 3 heterocycles. The minimum Gasteiger partial charge on any atom is -0.445 e. The average Bonchev–Trinajstić information content (AvgIpc) is 2.91. The summed E-state index contributed by atoms with van der Waals surface area (Å²) in [4.78, 5) is 34.0. The molecule has 2 aromatic carbocycles. The van der Waals surface area contributed by atoms with Crippen LogP contribution < -0.4 is 4.90 Å². The lowest BCUT2D eigenvalue weighted by Crippen LogP contribution is -2.62. The van der Waals surface area contributed by atoms with E-state index < -0.39 is 5.60 Å². The van der Waals surface area contributed by atoms with Gasteiger partial charge in [0.1, 0.15) is 12.2 Å². The minimum absolute atomic E-state index is 0.213. The van der Waals surface area contributed by atoms with Gasteiger partial charge in [0.2, 0.25) is 0 Å². The number of hydrogen-bond acceptors (Lipinski definition) is 6. The number of ether oxygens (including phenoxy) is 2. The third-order valence-electron chi connectivity index (χ3n) is 7.83. The number of anilines is 1. The lowest BCUT2D eigenvalue weighted by atomic mass is 9.90. The molecule has 0 saturated carbocycles. The van der Waals surface area contributed by atoms with Crippen LogP contribution in [0.3, 0.4) is 0 Å². The van der Waals surface area contributed by atoms with E-state index in [2.05, 4.69) is 34.1 Å². The highest BCUT2D eigenvalue weighted by Gasteiger charge is 2.39. The standard InChI is InChI=1S/C31H42N4O4/c1-31(2,3)39-30(37)33-17-15-32(16-18-33)20-25-11-7-12-26(19-25)35-27-13-8-14-28(35)22-34(21-27)29(36)38-23-24-9-5-4-6-10-24/h4-7,9-12,19,27-28H,8,13-18,20-23H2,1-3H3/t27-,28+. The zero-order valence-electron chi connectivity index (χ0n) is 23.6.